The topological polar surface area (TPSA) is 256 Å². The minimum absolute atomic E-state index is 0.00565. The molecule has 6 atom stereocenters. The second kappa shape index (κ2) is 15.0. The summed E-state index contributed by atoms with van der Waals surface area (Å²) >= 11 is 0. The van der Waals surface area contributed by atoms with Crippen LogP contribution in [0.25, 0.3) is 11.0 Å². The zero-order chi connectivity index (χ0) is 42.8. The third-order valence-corrected chi connectivity index (χ3v) is 11.1. The molecule has 3 aliphatic rings. The van der Waals surface area contributed by atoms with Crippen LogP contribution in [0, 0.1) is 23.7 Å². The van der Waals surface area contributed by atoms with Crippen molar-refractivity contribution in [2.45, 2.75) is 50.8 Å². The van der Waals surface area contributed by atoms with Gasteiger partial charge in [0.15, 0.2) is 34.7 Å². The molecular formula is C40H45N5O13. The Morgan fingerprint density at radius 1 is 1.00 bits per heavy atom. The predicted molar refractivity (Wildman–Crippen MR) is 204 cm³/mol. The van der Waals surface area contributed by atoms with Crippen LogP contribution in [0.1, 0.15) is 53.7 Å². The number of para-hydroxylation sites is 1. The number of fused-ring (bicyclic) bond motifs is 4. The van der Waals surface area contributed by atoms with Crippen molar-refractivity contribution in [3.8, 4) is 5.75 Å². The monoisotopic (exact) mass is 803 g/mol. The molecule has 2 saturated carbocycles. The lowest BCUT2D eigenvalue weighted by Gasteiger charge is -2.52. The number of amides is 3. The number of phenolic OH excluding ortho intramolecular Hbond substituents is 1. The van der Waals surface area contributed by atoms with Crippen molar-refractivity contribution < 1.29 is 62.5 Å². The number of nitrogens with two attached hydrogens (primary N) is 1. The number of carbonyl (C=O) groups excluding carboxylic acids is 8. The van der Waals surface area contributed by atoms with Crippen LogP contribution < -0.4 is 16.0 Å². The molecule has 3 amide bonds. The minimum Gasteiger partial charge on any atom is -0.505 e. The van der Waals surface area contributed by atoms with Crippen LogP contribution in [0.2, 0.25) is 0 Å². The summed E-state index contributed by atoms with van der Waals surface area (Å²) in [5, 5.41) is 26.7. The van der Waals surface area contributed by atoms with Crippen LogP contribution in [0.15, 0.2) is 40.8 Å². The lowest BCUT2D eigenvalue weighted by Crippen LogP contribution is -2.74. The molecule has 5 N–H and O–H groups in total. The van der Waals surface area contributed by atoms with E-state index in [9.17, 15) is 48.6 Å². The number of furan rings is 1. The molecule has 1 aromatic heterocycles. The van der Waals surface area contributed by atoms with Crippen molar-refractivity contribution in [1.29, 1.82) is 0 Å². The zero-order valence-electron chi connectivity index (χ0n) is 33.0. The number of nitrogens with one attached hydrogen (secondary N) is 1. The first-order valence-electron chi connectivity index (χ1n) is 18.4. The minimum atomic E-state index is -2.90. The van der Waals surface area contributed by atoms with E-state index in [1.807, 2.05) is 0 Å². The molecule has 6 rings (SSSR count). The van der Waals surface area contributed by atoms with Gasteiger partial charge in [0.2, 0.25) is 24.4 Å². The van der Waals surface area contributed by atoms with Gasteiger partial charge in [-0.1, -0.05) is 18.2 Å². The van der Waals surface area contributed by atoms with Gasteiger partial charge in [0.05, 0.1) is 23.2 Å². The van der Waals surface area contributed by atoms with E-state index in [2.05, 4.69) is 5.32 Å². The number of Topliss-reactive ketones (excluding diaryl/α,β-unsaturated/α-hetero) is 4. The van der Waals surface area contributed by atoms with E-state index >= 15 is 0 Å². The molecule has 18 heteroatoms. The Morgan fingerprint density at radius 3 is 2.28 bits per heavy atom. The molecule has 58 heavy (non-hydrogen) atoms. The molecule has 0 bridgehead atoms. The fourth-order valence-electron chi connectivity index (χ4n) is 8.42. The number of aliphatic hydroxyl groups is 1. The smallest absolute Gasteiger partial charge is 0.413 e. The third kappa shape index (κ3) is 6.95. The molecule has 0 aliphatic heterocycles. The molecule has 18 nitrogen and oxygen atoms in total. The first-order valence-corrected chi connectivity index (χ1v) is 18.4. The molecule has 2 fully saturated rings. The maximum Gasteiger partial charge on any atom is 0.413 e. The summed E-state index contributed by atoms with van der Waals surface area (Å²) in [6.45, 7) is 3.43. The second-order valence-electron chi connectivity index (χ2n) is 16.2. The lowest BCUT2D eigenvalue weighted by molar-refractivity contribution is -0.181. The Kier molecular flexibility index (Phi) is 10.7. The van der Waals surface area contributed by atoms with Crippen molar-refractivity contribution in [1.82, 2.24) is 9.80 Å². The number of benzene rings is 2. The summed E-state index contributed by atoms with van der Waals surface area (Å²) < 4.78 is 15.7. The number of rotatable bonds is 9. The van der Waals surface area contributed by atoms with E-state index in [1.54, 1.807) is 64.0 Å². The largest absolute Gasteiger partial charge is 0.505 e. The predicted octanol–water partition coefficient (Wildman–Crippen LogP) is 1.67. The number of hydrogen-bond acceptors (Lipinski definition) is 15. The van der Waals surface area contributed by atoms with Crippen LogP contribution in [-0.4, -0.2) is 126 Å². The molecule has 0 radical (unpaired) electrons. The summed E-state index contributed by atoms with van der Waals surface area (Å²) in [7, 11) is 6.31. The first kappa shape index (κ1) is 41.5. The summed E-state index contributed by atoms with van der Waals surface area (Å²) in [4.78, 5) is 111. The van der Waals surface area contributed by atoms with Crippen LogP contribution in [0.3, 0.4) is 0 Å². The van der Waals surface area contributed by atoms with Crippen LogP contribution in [0.4, 0.5) is 16.2 Å². The van der Waals surface area contributed by atoms with Crippen LogP contribution in [0.5, 0.6) is 5.75 Å². The number of ether oxygens (including phenoxy) is 2. The molecule has 2 aromatic carbocycles. The fourth-order valence-corrected chi connectivity index (χ4v) is 8.42. The molecule has 0 saturated heterocycles. The molecule has 3 aliphatic carbocycles. The number of ketones is 4. The van der Waals surface area contributed by atoms with Gasteiger partial charge in [-0.2, -0.15) is 0 Å². The summed E-state index contributed by atoms with van der Waals surface area (Å²) in [6.07, 6.45) is -1.15. The number of aromatic hydroxyl groups is 1. The summed E-state index contributed by atoms with van der Waals surface area (Å²) in [5.74, 6) is -14.1. The SMILES string of the molecule is CN(C)c1cc(NC(=O)CN(C(=O)OCOC(=O)c2cc3ccccc3o2)C(C)(C)C)c(O)c2c1C[C@H]1C[C@H]3[C@H](N(C)C)C(=O)C(C(N)=O)C(=O)[C@@]3(O)C(=O)C1C2=O. The molecule has 308 valence electrons. The Balaban J connectivity index is 1.23. The van der Waals surface area contributed by atoms with Crippen molar-refractivity contribution in [3.63, 3.8) is 0 Å². The Bertz CT molecular complexity index is 2240. The Morgan fingerprint density at radius 2 is 1.67 bits per heavy atom. The van der Waals surface area contributed by atoms with Crippen molar-refractivity contribution in [2.24, 2.45) is 29.4 Å². The lowest BCUT2D eigenvalue weighted by atomic mass is 9.52. The summed E-state index contributed by atoms with van der Waals surface area (Å²) in [6, 6.07) is 8.56. The van der Waals surface area contributed by atoms with Gasteiger partial charge in [-0.05, 0) is 77.4 Å². The van der Waals surface area contributed by atoms with Crippen molar-refractivity contribution >= 4 is 69.4 Å². The van der Waals surface area contributed by atoms with E-state index in [4.69, 9.17) is 19.6 Å². The normalized spacial score (nSPS) is 24.1. The average Bonchev–Trinajstić information content (AvgIpc) is 3.57. The molecule has 2 unspecified atom stereocenters. The molecule has 1 heterocycles. The fraction of sp³-hybridized carbons (Fsp3) is 0.450. The Labute approximate surface area is 332 Å². The van der Waals surface area contributed by atoms with Gasteiger partial charge in [0, 0.05) is 36.6 Å². The number of hydrogen-bond donors (Lipinski definition) is 4. The number of anilines is 2. The number of primary amides is 1. The quantitative estimate of drug-likeness (QED) is 0.104. The second-order valence-corrected chi connectivity index (χ2v) is 16.2. The number of phenols is 1. The van der Waals surface area contributed by atoms with Gasteiger partial charge in [-0.15, -0.1) is 0 Å². The number of esters is 1. The highest BCUT2D eigenvalue weighted by atomic mass is 16.7. The van der Waals surface area contributed by atoms with Crippen molar-refractivity contribution in [2.75, 3.05) is 51.7 Å². The average molecular weight is 804 g/mol. The van der Waals surface area contributed by atoms with Gasteiger partial charge >= 0.3 is 12.1 Å². The van der Waals surface area contributed by atoms with Gasteiger partial charge in [0.25, 0.3) is 0 Å². The maximum absolute atomic E-state index is 14.4. The van der Waals surface area contributed by atoms with E-state index in [-0.39, 0.29) is 29.9 Å². The third-order valence-electron chi connectivity index (χ3n) is 11.1. The van der Waals surface area contributed by atoms with Gasteiger partial charge in [-0.25, -0.2) is 9.59 Å². The van der Waals surface area contributed by atoms with E-state index in [0.717, 1.165) is 4.90 Å². The van der Waals surface area contributed by atoms with E-state index < -0.39 is 107 Å². The number of carbonyl (C=O) groups is 8. The highest BCUT2D eigenvalue weighted by molar-refractivity contribution is 6.32. The Hall–Kier alpha value is -6.14. The maximum atomic E-state index is 14.4. The molecule has 0 spiro atoms. The van der Waals surface area contributed by atoms with Crippen LogP contribution in [-0.2, 0) is 39.9 Å². The van der Waals surface area contributed by atoms with Gasteiger partial charge in [0.1, 0.15) is 17.9 Å². The molecular weight excluding hydrogens is 758 g/mol. The highest BCUT2D eigenvalue weighted by Crippen LogP contribution is 2.52. The van der Waals surface area contributed by atoms with Crippen LogP contribution >= 0.6 is 0 Å². The molecule has 3 aromatic rings. The van der Waals surface area contributed by atoms with Crippen molar-refractivity contribution in [3.05, 3.63) is 53.3 Å². The number of nitrogens with zero attached hydrogens (tertiary/aromatic N) is 3. The van der Waals surface area contributed by atoms with Gasteiger partial charge < -0.3 is 40.1 Å². The van der Waals surface area contributed by atoms with Gasteiger partial charge in [-0.3, -0.25) is 38.6 Å². The highest BCUT2D eigenvalue weighted by Gasteiger charge is 2.69. The number of likely N-dealkylation sites (N-methyl/N-ethyl adjacent to an activating group) is 1. The van der Waals surface area contributed by atoms with E-state index in [1.165, 1.54) is 31.1 Å². The standard InChI is InChI=1S/C40H45N5O13/c1-39(2,3)45(38(54)57-17-56-37(53)25-14-18-10-8-9-11-24(18)58-25)16-26(46)42-22-15-23(43(4)5)20-12-19-13-21-30(44(6)7)33(49)29(36(41)52)35(51)40(21,55)34(50)27(19)32(48)28(20)31(22)47/h8-11,14-15,19,21,27,29-30,47,55H,12-13,16-17H2,1-7H3,(H2,41,52)(H,42,46)/t19-,21-,27?,29?,30-,40-/m0/s1. The summed E-state index contributed by atoms with van der Waals surface area (Å²) in [5.41, 5.74) is 2.07. The van der Waals surface area contributed by atoms with E-state index in [0.29, 0.717) is 22.2 Å². The zero-order valence-corrected chi connectivity index (χ0v) is 33.0. The first-order chi connectivity index (χ1) is 27.1.